The van der Waals surface area contributed by atoms with Gasteiger partial charge < -0.3 is 0 Å². The number of hydrogen-bond donors (Lipinski definition) is 0. The van der Waals surface area contributed by atoms with Crippen LogP contribution in [0.15, 0.2) is 47.4 Å². The molecule has 104 valence electrons. The highest BCUT2D eigenvalue weighted by atomic mass is 35.5. The molecular weight excluding hydrogens is 335 g/mol. The maximum Gasteiger partial charge on any atom is 0.147 e. The lowest BCUT2D eigenvalue weighted by molar-refractivity contribution is -0.116. The summed E-state index contributed by atoms with van der Waals surface area (Å²) < 4.78 is 0. The Morgan fingerprint density at radius 3 is 2.45 bits per heavy atom. The average molecular weight is 346 g/mol. The van der Waals surface area contributed by atoms with Crippen molar-refractivity contribution >= 4 is 52.3 Å². The van der Waals surface area contributed by atoms with E-state index in [1.165, 1.54) is 11.8 Å². The number of halogens is 3. The van der Waals surface area contributed by atoms with Crippen molar-refractivity contribution in [2.24, 2.45) is 0 Å². The van der Waals surface area contributed by atoms with Gasteiger partial charge in [0, 0.05) is 26.4 Å². The van der Waals surface area contributed by atoms with Crippen LogP contribution in [0.2, 0.25) is 15.1 Å². The smallest absolute Gasteiger partial charge is 0.147 e. The largest absolute Gasteiger partial charge is 0.298 e. The van der Waals surface area contributed by atoms with Crippen LogP contribution < -0.4 is 0 Å². The molecule has 2 rings (SSSR count). The Morgan fingerprint density at radius 1 is 1.00 bits per heavy atom. The van der Waals surface area contributed by atoms with E-state index in [1.807, 2.05) is 18.2 Å². The molecule has 0 aromatic heterocycles. The van der Waals surface area contributed by atoms with E-state index in [1.54, 1.807) is 24.3 Å². The number of Topliss-reactive ketones (excluding diaryl/α,β-unsaturated/α-hetero) is 1. The number of carbonyl (C=O) groups excluding carboxylic acids is 1. The molecule has 0 bridgehead atoms. The van der Waals surface area contributed by atoms with Crippen LogP contribution in [-0.2, 0) is 11.2 Å². The van der Waals surface area contributed by atoms with Crippen LogP contribution in [0.1, 0.15) is 5.56 Å². The zero-order chi connectivity index (χ0) is 14.5. The van der Waals surface area contributed by atoms with Crippen molar-refractivity contribution in [3.63, 3.8) is 0 Å². The van der Waals surface area contributed by atoms with Gasteiger partial charge in [0.15, 0.2) is 0 Å². The third-order valence-corrected chi connectivity index (χ3v) is 4.47. The second-order valence-electron chi connectivity index (χ2n) is 4.20. The predicted molar refractivity (Wildman–Crippen MR) is 87.3 cm³/mol. The van der Waals surface area contributed by atoms with Crippen LogP contribution in [0.5, 0.6) is 0 Å². The second-order valence-corrected chi connectivity index (χ2v) is 6.53. The quantitative estimate of drug-likeness (QED) is 0.661. The summed E-state index contributed by atoms with van der Waals surface area (Å²) in [4.78, 5) is 12.9. The highest BCUT2D eigenvalue weighted by Crippen LogP contribution is 2.24. The highest BCUT2D eigenvalue weighted by molar-refractivity contribution is 8.00. The first-order chi connectivity index (χ1) is 9.54. The maximum absolute atomic E-state index is 12.0. The van der Waals surface area contributed by atoms with Gasteiger partial charge in [-0.1, -0.05) is 46.9 Å². The van der Waals surface area contributed by atoms with Gasteiger partial charge in [0.2, 0.25) is 0 Å². The van der Waals surface area contributed by atoms with E-state index in [4.69, 9.17) is 34.8 Å². The van der Waals surface area contributed by atoms with E-state index in [-0.39, 0.29) is 5.78 Å². The molecule has 0 atom stereocenters. The fraction of sp³-hybridized carbons (Fsp3) is 0.133. The summed E-state index contributed by atoms with van der Waals surface area (Å²) >= 11 is 19.2. The van der Waals surface area contributed by atoms with Gasteiger partial charge in [0.1, 0.15) is 5.78 Å². The summed E-state index contributed by atoms with van der Waals surface area (Å²) in [7, 11) is 0. The minimum absolute atomic E-state index is 0.110. The minimum atomic E-state index is 0.110. The molecule has 0 spiro atoms. The number of thioether (sulfide) groups is 1. The van der Waals surface area contributed by atoms with Crippen molar-refractivity contribution < 1.29 is 4.79 Å². The molecule has 1 nitrogen and oxygen atoms in total. The van der Waals surface area contributed by atoms with Crippen molar-refractivity contribution in [3.05, 3.63) is 63.1 Å². The Hall–Kier alpha value is -0.670. The van der Waals surface area contributed by atoms with Crippen molar-refractivity contribution in [3.8, 4) is 0 Å². The third-order valence-electron chi connectivity index (χ3n) is 2.60. The van der Waals surface area contributed by atoms with E-state index in [2.05, 4.69) is 0 Å². The van der Waals surface area contributed by atoms with Crippen molar-refractivity contribution in [2.45, 2.75) is 11.3 Å². The lowest BCUT2D eigenvalue weighted by atomic mass is 10.1. The van der Waals surface area contributed by atoms with Crippen LogP contribution in [0.3, 0.4) is 0 Å². The van der Waals surface area contributed by atoms with Gasteiger partial charge in [-0.3, -0.25) is 4.79 Å². The first-order valence-corrected chi connectivity index (χ1v) is 8.00. The Labute approximate surface area is 137 Å². The predicted octanol–water partition coefficient (Wildman–Crippen LogP) is 5.55. The van der Waals surface area contributed by atoms with E-state index in [0.717, 1.165) is 10.5 Å². The summed E-state index contributed by atoms with van der Waals surface area (Å²) in [6.07, 6.45) is 0.309. The standard InChI is InChI=1S/C15H11Cl3OS/c16-11-2-1-3-14(7-11)20-9-13(19)6-10-4-5-12(17)8-15(10)18/h1-5,7-8H,6,9H2. The second kappa shape index (κ2) is 7.37. The molecule has 0 aliphatic carbocycles. The van der Waals surface area contributed by atoms with Gasteiger partial charge in [0.25, 0.3) is 0 Å². The monoisotopic (exact) mass is 344 g/mol. The summed E-state index contributed by atoms with van der Waals surface area (Å²) in [5.41, 5.74) is 0.799. The molecule has 0 aliphatic rings. The number of hydrogen-bond acceptors (Lipinski definition) is 2. The molecule has 0 radical (unpaired) electrons. The zero-order valence-electron chi connectivity index (χ0n) is 10.4. The molecule has 5 heteroatoms. The normalized spacial score (nSPS) is 10.6. The molecule has 0 heterocycles. The summed E-state index contributed by atoms with van der Waals surface area (Å²) in [6.45, 7) is 0. The molecule has 0 aliphatic heterocycles. The molecule has 0 fully saturated rings. The van der Waals surface area contributed by atoms with Crippen molar-refractivity contribution in [2.75, 3.05) is 5.75 Å². The molecule has 2 aromatic rings. The van der Waals surface area contributed by atoms with E-state index in [0.29, 0.717) is 27.2 Å². The van der Waals surface area contributed by atoms with Crippen LogP contribution >= 0.6 is 46.6 Å². The first-order valence-electron chi connectivity index (χ1n) is 5.88. The van der Waals surface area contributed by atoms with E-state index in [9.17, 15) is 4.79 Å². The lowest BCUT2D eigenvalue weighted by Gasteiger charge is -2.05. The molecule has 2 aromatic carbocycles. The third kappa shape index (κ3) is 4.71. The van der Waals surface area contributed by atoms with E-state index >= 15 is 0 Å². The SMILES string of the molecule is O=C(CSc1cccc(Cl)c1)Cc1ccc(Cl)cc1Cl. The topological polar surface area (TPSA) is 17.1 Å². The molecule has 20 heavy (non-hydrogen) atoms. The highest BCUT2D eigenvalue weighted by Gasteiger charge is 2.08. The Balaban J connectivity index is 1.92. The van der Waals surface area contributed by atoms with Crippen LogP contribution in [0, 0.1) is 0 Å². The minimum Gasteiger partial charge on any atom is -0.298 e. The molecular formula is C15H11Cl3OS. The zero-order valence-corrected chi connectivity index (χ0v) is 13.5. The first kappa shape index (κ1) is 15.7. The molecule has 0 amide bonds. The van der Waals surface area contributed by atoms with E-state index < -0.39 is 0 Å². The van der Waals surface area contributed by atoms with Gasteiger partial charge in [-0.05, 0) is 35.9 Å². The van der Waals surface area contributed by atoms with Gasteiger partial charge in [0.05, 0.1) is 5.75 Å². The van der Waals surface area contributed by atoms with Gasteiger partial charge in [-0.2, -0.15) is 0 Å². The lowest BCUT2D eigenvalue weighted by Crippen LogP contribution is -2.06. The maximum atomic E-state index is 12.0. The van der Waals surface area contributed by atoms with Crippen molar-refractivity contribution in [1.29, 1.82) is 0 Å². The van der Waals surface area contributed by atoms with Gasteiger partial charge in [-0.15, -0.1) is 11.8 Å². The van der Waals surface area contributed by atoms with Gasteiger partial charge >= 0.3 is 0 Å². The number of rotatable bonds is 5. The molecule has 0 saturated heterocycles. The molecule has 0 unspecified atom stereocenters. The number of ketones is 1. The van der Waals surface area contributed by atoms with Crippen LogP contribution in [0.25, 0.3) is 0 Å². The Kier molecular flexibility index (Phi) is 5.79. The molecule has 0 N–H and O–H groups in total. The average Bonchev–Trinajstić information content (AvgIpc) is 2.40. The van der Waals surface area contributed by atoms with Crippen LogP contribution in [-0.4, -0.2) is 11.5 Å². The van der Waals surface area contributed by atoms with Gasteiger partial charge in [-0.25, -0.2) is 0 Å². The molecule has 0 saturated carbocycles. The number of benzene rings is 2. The fourth-order valence-corrected chi connectivity index (χ4v) is 3.19. The Morgan fingerprint density at radius 2 is 1.75 bits per heavy atom. The number of carbonyl (C=O) groups is 1. The Bertz CT molecular complexity index is 628. The fourth-order valence-electron chi connectivity index (χ4n) is 1.65. The van der Waals surface area contributed by atoms with Crippen LogP contribution in [0.4, 0.5) is 0 Å². The summed E-state index contributed by atoms with van der Waals surface area (Å²) in [5.74, 6) is 0.499. The summed E-state index contributed by atoms with van der Waals surface area (Å²) in [5, 5.41) is 1.77. The van der Waals surface area contributed by atoms with Crippen molar-refractivity contribution in [1.82, 2.24) is 0 Å². The summed E-state index contributed by atoms with van der Waals surface area (Å²) in [6, 6.07) is 12.6.